The number of benzene rings is 1. The molecule has 1 rings (SSSR count). The van der Waals surface area contributed by atoms with Gasteiger partial charge in [-0.25, -0.2) is 0 Å². The monoisotopic (exact) mass is 291 g/mol. The highest BCUT2D eigenvalue weighted by molar-refractivity contribution is 5.79. The summed E-state index contributed by atoms with van der Waals surface area (Å²) < 4.78 is 5.17. The lowest BCUT2D eigenvalue weighted by molar-refractivity contribution is 0.414. The van der Waals surface area contributed by atoms with Crippen LogP contribution in [0.4, 0.5) is 0 Å². The van der Waals surface area contributed by atoms with Crippen LogP contribution in [0.25, 0.3) is 0 Å². The van der Waals surface area contributed by atoms with Crippen molar-refractivity contribution in [2.24, 2.45) is 4.99 Å². The molecular weight excluding hydrogens is 262 g/mol. The lowest BCUT2D eigenvalue weighted by Crippen LogP contribution is -2.39. The van der Waals surface area contributed by atoms with Gasteiger partial charge in [-0.1, -0.05) is 25.5 Å². The van der Waals surface area contributed by atoms with Crippen LogP contribution < -0.4 is 10.1 Å². The number of methoxy groups -OCH3 is 1. The molecule has 0 aliphatic carbocycles. The van der Waals surface area contributed by atoms with E-state index in [-0.39, 0.29) is 0 Å². The smallest absolute Gasteiger partial charge is 0.193 e. The lowest BCUT2D eigenvalue weighted by Gasteiger charge is -2.21. The Balaban J connectivity index is 2.52. The van der Waals surface area contributed by atoms with E-state index >= 15 is 0 Å². The lowest BCUT2D eigenvalue weighted by atomic mass is 10.1. The number of unbranched alkanes of at least 4 members (excludes halogenated alkanes) is 1. The summed E-state index contributed by atoms with van der Waals surface area (Å²) in [6.07, 6.45) is 3.34. The molecule has 0 amide bonds. The van der Waals surface area contributed by atoms with Crippen LogP contribution in [0, 0.1) is 0 Å². The van der Waals surface area contributed by atoms with E-state index in [9.17, 15) is 0 Å². The maximum absolute atomic E-state index is 5.17. The van der Waals surface area contributed by atoms with Gasteiger partial charge in [0.25, 0.3) is 0 Å². The zero-order chi connectivity index (χ0) is 15.5. The van der Waals surface area contributed by atoms with Crippen LogP contribution in [0.3, 0.4) is 0 Å². The predicted octanol–water partition coefficient (Wildman–Crippen LogP) is 2.94. The molecule has 1 aromatic rings. The van der Waals surface area contributed by atoms with E-state index in [2.05, 4.69) is 43.2 Å². The zero-order valence-corrected chi connectivity index (χ0v) is 13.9. The fraction of sp³-hybridized carbons (Fsp3) is 0.588. The summed E-state index contributed by atoms with van der Waals surface area (Å²) in [6.45, 7) is 7.06. The van der Waals surface area contributed by atoms with E-state index in [0.29, 0.717) is 0 Å². The van der Waals surface area contributed by atoms with Crippen molar-refractivity contribution in [1.29, 1.82) is 0 Å². The number of nitrogens with one attached hydrogen (secondary N) is 1. The Morgan fingerprint density at radius 3 is 2.52 bits per heavy atom. The third-order valence-corrected chi connectivity index (χ3v) is 3.36. The Morgan fingerprint density at radius 2 is 1.95 bits per heavy atom. The van der Waals surface area contributed by atoms with Crippen molar-refractivity contribution in [2.45, 2.75) is 33.1 Å². The predicted molar refractivity (Wildman–Crippen MR) is 90.2 cm³/mol. The van der Waals surface area contributed by atoms with E-state index < -0.39 is 0 Å². The number of nitrogens with zero attached hydrogens (tertiary/aromatic N) is 2. The fourth-order valence-electron chi connectivity index (χ4n) is 2.05. The SMILES string of the molecule is CCCCN(C)C(=NCCc1ccc(OC)cc1)NCC. The number of guanidine groups is 1. The summed E-state index contributed by atoms with van der Waals surface area (Å²) in [6, 6.07) is 8.19. The molecular formula is C17H29N3O. The molecule has 0 atom stereocenters. The first-order valence-corrected chi connectivity index (χ1v) is 7.83. The molecule has 0 aliphatic heterocycles. The Bertz CT molecular complexity index is 415. The van der Waals surface area contributed by atoms with Crippen LogP contribution >= 0.6 is 0 Å². The average Bonchev–Trinajstić information content (AvgIpc) is 2.52. The van der Waals surface area contributed by atoms with Crippen LogP contribution in [0.2, 0.25) is 0 Å². The summed E-state index contributed by atoms with van der Waals surface area (Å²) in [7, 11) is 3.79. The largest absolute Gasteiger partial charge is 0.497 e. The molecule has 4 heteroatoms. The quantitative estimate of drug-likeness (QED) is 0.591. The van der Waals surface area contributed by atoms with Crippen molar-refractivity contribution in [3.8, 4) is 5.75 Å². The standard InChI is InChI=1S/C17H29N3O/c1-5-7-14-20(3)17(18-6-2)19-13-12-15-8-10-16(21-4)11-9-15/h8-11H,5-7,12-14H2,1-4H3,(H,18,19). The molecule has 0 aliphatic rings. The van der Waals surface area contributed by atoms with Crippen molar-refractivity contribution < 1.29 is 4.74 Å². The van der Waals surface area contributed by atoms with Crippen molar-refractivity contribution in [3.05, 3.63) is 29.8 Å². The van der Waals surface area contributed by atoms with Gasteiger partial charge in [0.2, 0.25) is 0 Å². The van der Waals surface area contributed by atoms with Crippen molar-refractivity contribution in [2.75, 3.05) is 33.8 Å². The topological polar surface area (TPSA) is 36.9 Å². The van der Waals surface area contributed by atoms with Crippen LogP contribution in [0.1, 0.15) is 32.3 Å². The van der Waals surface area contributed by atoms with Gasteiger partial charge in [0.05, 0.1) is 7.11 Å². The molecule has 0 fully saturated rings. The first-order chi connectivity index (χ1) is 10.2. The summed E-state index contributed by atoms with van der Waals surface area (Å²) in [5.41, 5.74) is 1.28. The van der Waals surface area contributed by atoms with E-state index in [1.54, 1.807) is 7.11 Å². The highest BCUT2D eigenvalue weighted by atomic mass is 16.5. The molecule has 0 saturated heterocycles. The molecule has 0 saturated carbocycles. The van der Waals surface area contributed by atoms with E-state index in [1.165, 1.54) is 18.4 Å². The van der Waals surface area contributed by atoms with E-state index in [4.69, 9.17) is 9.73 Å². The number of aliphatic imine (C=N–C) groups is 1. The minimum atomic E-state index is 0.797. The summed E-state index contributed by atoms with van der Waals surface area (Å²) in [5, 5.41) is 3.35. The molecule has 0 bridgehead atoms. The highest BCUT2D eigenvalue weighted by Gasteiger charge is 2.04. The number of rotatable bonds is 8. The Hall–Kier alpha value is -1.71. The number of hydrogen-bond acceptors (Lipinski definition) is 2. The van der Waals surface area contributed by atoms with Gasteiger partial charge >= 0.3 is 0 Å². The maximum Gasteiger partial charge on any atom is 0.193 e. The first kappa shape index (κ1) is 17.3. The van der Waals surface area contributed by atoms with Gasteiger partial charge in [0, 0.05) is 26.7 Å². The second-order valence-corrected chi connectivity index (χ2v) is 5.11. The molecule has 21 heavy (non-hydrogen) atoms. The normalized spacial score (nSPS) is 11.3. The van der Waals surface area contributed by atoms with Crippen LogP contribution in [-0.2, 0) is 6.42 Å². The molecule has 0 unspecified atom stereocenters. The van der Waals surface area contributed by atoms with Crippen molar-refractivity contribution in [1.82, 2.24) is 10.2 Å². The Morgan fingerprint density at radius 1 is 1.24 bits per heavy atom. The van der Waals surface area contributed by atoms with Crippen LogP contribution in [0.15, 0.2) is 29.3 Å². The fourth-order valence-corrected chi connectivity index (χ4v) is 2.05. The van der Waals surface area contributed by atoms with Crippen molar-refractivity contribution in [3.63, 3.8) is 0 Å². The minimum absolute atomic E-state index is 0.797. The van der Waals surface area contributed by atoms with Gasteiger partial charge in [-0.2, -0.15) is 0 Å². The van der Waals surface area contributed by atoms with E-state index in [1.807, 2.05) is 12.1 Å². The minimum Gasteiger partial charge on any atom is -0.497 e. The molecule has 1 aromatic carbocycles. The van der Waals surface area contributed by atoms with Gasteiger partial charge in [0.15, 0.2) is 5.96 Å². The average molecular weight is 291 g/mol. The summed E-state index contributed by atoms with van der Waals surface area (Å²) >= 11 is 0. The molecule has 0 aromatic heterocycles. The van der Waals surface area contributed by atoms with E-state index in [0.717, 1.165) is 37.8 Å². The third-order valence-electron chi connectivity index (χ3n) is 3.36. The molecule has 1 N–H and O–H groups in total. The Labute approximate surface area is 129 Å². The number of hydrogen-bond donors (Lipinski definition) is 1. The van der Waals surface area contributed by atoms with Gasteiger partial charge in [0.1, 0.15) is 5.75 Å². The summed E-state index contributed by atoms with van der Waals surface area (Å²) in [4.78, 5) is 6.91. The molecule has 118 valence electrons. The summed E-state index contributed by atoms with van der Waals surface area (Å²) in [5.74, 6) is 1.90. The van der Waals surface area contributed by atoms with Gasteiger partial charge in [-0.3, -0.25) is 4.99 Å². The molecule has 4 nitrogen and oxygen atoms in total. The highest BCUT2D eigenvalue weighted by Crippen LogP contribution is 2.11. The molecule has 0 spiro atoms. The first-order valence-electron chi connectivity index (χ1n) is 7.83. The second kappa shape index (κ2) is 10.1. The van der Waals surface area contributed by atoms with Crippen LogP contribution in [0.5, 0.6) is 5.75 Å². The van der Waals surface area contributed by atoms with Gasteiger partial charge in [-0.15, -0.1) is 0 Å². The third kappa shape index (κ3) is 6.52. The van der Waals surface area contributed by atoms with Gasteiger partial charge in [-0.05, 0) is 37.5 Å². The molecule has 0 radical (unpaired) electrons. The van der Waals surface area contributed by atoms with Crippen molar-refractivity contribution >= 4 is 5.96 Å². The number of ether oxygens (including phenoxy) is 1. The Kier molecular flexibility index (Phi) is 8.32. The second-order valence-electron chi connectivity index (χ2n) is 5.11. The maximum atomic E-state index is 5.17. The van der Waals surface area contributed by atoms with Crippen LogP contribution in [-0.4, -0.2) is 44.7 Å². The zero-order valence-electron chi connectivity index (χ0n) is 13.9. The van der Waals surface area contributed by atoms with Gasteiger partial charge < -0.3 is 15.0 Å². The molecule has 0 heterocycles.